The number of nitrogens with one attached hydrogen (secondary N) is 2. The number of anilines is 2. The number of benzene rings is 3. The van der Waals surface area contributed by atoms with Crippen LogP contribution in [-0.4, -0.2) is 63.2 Å². The van der Waals surface area contributed by atoms with Gasteiger partial charge in [-0.05, 0) is 36.1 Å². The van der Waals surface area contributed by atoms with Crippen molar-refractivity contribution in [1.82, 2.24) is 0 Å². The molecule has 224 valence electrons. The van der Waals surface area contributed by atoms with Crippen molar-refractivity contribution in [3.05, 3.63) is 76.8 Å². The largest absolute Gasteiger partial charge is 1.00 e. The van der Waals surface area contributed by atoms with Gasteiger partial charge in [0.15, 0.2) is 6.29 Å². The van der Waals surface area contributed by atoms with Gasteiger partial charge in [0.05, 0.1) is 56.3 Å². The summed E-state index contributed by atoms with van der Waals surface area (Å²) in [6.07, 6.45) is 3.25. The molecule has 4 rings (SSSR count). The van der Waals surface area contributed by atoms with Crippen LogP contribution < -0.4 is 39.3 Å². The van der Waals surface area contributed by atoms with Crippen molar-refractivity contribution < 1.29 is 52.3 Å². The number of quaternary nitrogens is 1. The molecule has 3 aromatic carbocycles. The number of ether oxygens (including phenoxy) is 2. The van der Waals surface area contributed by atoms with Crippen LogP contribution in [0.25, 0.3) is 11.1 Å². The Hall–Kier alpha value is -3.15. The van der Waals surface area contributed by atoms with Gasteiger partial charge in [0.1, 0.15) is 11.9 Å². The van der Waals surface area contributed by atoms with E-state index in [0.717, 1.165) is 47.1 Å². The summed E-state index contributed by atoms with van der Waals surface area (Å²) in [6, 6.07) is 18.8. The number of carbonyl (C=O) groups excluding carboxylic acids is 3. The topological polar surface area (TPSA) is 93.7 Å². The number of hydrogen-bond donors (Lipinski definition) is 2. The van der Waals surface area contributed by atoms with Crippen molar-refractivity contribution in [2.24, 2.45) is 0 Å². The lowest BCUT2D eigenvalue weighted by atomic mass is 9.99. The summed E-state index contributed by atoms with van der Waals surface area (Å²) in [5.74, 6) is 0.133. The van der Waals surface area contributed by atoms with Crippen molar-refractivity contribution >= 4 is 41.3 Å². The molecule has 1 aliphatic heterocycles. The Balaban J connectivity index is 0.00000484. The van der Waals surface area contributed by atoms with Gasteiger partial charge in [-0.25, -0.2) is 4.79 Å². The van der Waals surface area contributed by atoms with E-state index >= 15 is 0 Å². The van der Waals surface area contributed by atoms with E-state index in [0.29, 0.717) is 41.8 Å². The number of aldehydes is 1. The molecule has 8 nitrogen and oxygen atoms in total. The fourth-order valence-electron chi connectivity index (χ4n) is 4.97. The summed E-state index contributed by atoms with van der Waals surface area (Å²) in [6.45, 7) is 1.94. The van der Waals surface area contributed by atoms with Crippen molar-refractivity contribution in [2.45, 2.75) is 38.2 Å². The van der Waals surface area contributed by atoms with Crippen LogP contribution in [-0.2, 0) is 16.0 Å². The van der Waals surface area contributed by atoms with Crippen LogP contribution in [0, 0.1) is 0 Å². The minimum atomic E-state index is -0.455. The van der Waals surface area contributed by atoms with Gasteiger partial charge < -0.3 is 43.3 Å². The average molecular weight is 706 g/mol. The number of carbonyl (C=O) groups is 3. The minimum absolute atomic E-state index is 0. The lowest BCUT2D eigenvalue weighted by Crippen LogP contribution is -3.00. The maximum absolute atomic E-state index is 12.9. The Bertz CT molecular complexity index is 1390. The summed E-state index contributed by atoms with van der Waals surface area (Å²) in [5, 5.41) is 6.03. The van der Waals surface area contributed by atoms with Crippen molar-refractivity contribution in [2.75, 3.05) is 44.9 Å². The number of aryl methyl sites for hydroxylation is 1. The first-order chi connectivity index (χ1) is 19.7. The predicted molar refractivity (Wildman–Crippen MR) is 162 cm³/mol. The van der Waals surface area contributed by atoms with E-state index in [4.69, 9.17) is 21.1 Å². The molecule has 0 saturated carbocycles. The number of likely N-dealkylation sites (tertiary alicyclic amines) is 1. The molecule has 0 aliphatic carbocycles. The smallest absolute Gasteiger partial charge is 0.411 e. The third-order valence-electron chi connectivity index (χ3n) is 7.38. The van der Waals surface area contributed by atoms with Gasteiger partial charge in [0.25, 0.3) is 0 Å². The van der Waals surface area contributed by atoms with Crippen molar-refractivity contribution in [3.63, 3.8) is 0 Å². The highest BCUT2D eigenvalue weighted by molar-refractivity contribution is 6.34. The van der Waals surface area contributed by atoms with Gasteiger partial charge >= 0.3 is 6.09 Å². The van der Waals surface area contributed by atoms with E-state index in [-0.39, 0.29) is 47.4 Å². The number of nitrogens with zero attached hydrogens (tertiary/aromatic N) is 1. The summed E-state index contributed by atoms with van der Waals surface area (Å²) < 4.78 is 11.9. The third-order valence-corrected chi connectivity index (χ3v) is 7.69. The first-order valence-corrected chi connectivity index (χ1v) is 14.2. The monoisotopic (exact) mass is 705 g/mol. The molecule has 1 saturated heterocycles. The zero-order chi connectivity index (χ0) is 29.4. The minimum Gasteiger partial charge on any atom is -1.00 e. The summed E-state index contributed by atoms with van der Waals surface area (Å²) in [7, 11) is 5.83. The molecule has 1 aliphatic rings. The van der Waals surface area contributed by atoms with Crippen LogP contribution in [0.15, 0.2) is 60.7 Å². The molecule has 0 spiro atoms. The number of hydrogen-bond acceptors (Lipinski definition) is 5. The van der Waals surface area contributed by atoms with E-state index < -0.39 is 6.09 Å². The van der Waals surface area contributed by atoms with Crippen LogP contribution in [0.4, 0.5) is 16.2 Å². The number of halogens is 2. The number of methoxy groups -OCH3 is 1. The third kappa shape index (κ3) is 9.17. The SMILES string of the molecule is COc1cc(NC(=O)CCCc2ccc(-c3ccccc3)c(NC(=O)OC3CC[N+](C)(C)CC3)c2)c(Cl)cc1C=O.[I-]. The maximum atomic E-state index is 12.9. The molecule has 0 radical (unpaired) electrons. The van der Waals surface area contributed by atoms with Crippen molar-refractivity contribution in [1.29, 1.82) is 0 Å². The highest BCUT2D eigenvalue weighted by Crippen LogP contribution is 2.32. The number of rotatable bonds is 10. The highest BCUT2D eigenvalue weighted by atomic mass is 127. The zero-order valence-electron chi connectivity index (χ0n) is 24.1. The lowest BCUT2D eigenvalue weighted by Gasteiger charge is -2.36. The maximum Gasteiger partial charge on any atom is 0.411 e. The molecular weight excluding hydrogens is 669 g/mol. The first kappa shape index (κ1) is 33.4. The normalized spacial score (nSPS) is 14.3. The molecule has 42 heavy (non-hydrogen) atoms. The zero-order valence-corrected chi connectivity index (χ0v) is 27.0. The molecule has 0 atom stereocenters. The summed E-state index contributed by atoms with van der Waals surface area (Å²) >= 11 is 6.23. The Labute approximate surface area is 269 Å². The van der Waals surface area contributed by atoms with Crippen LogP contribution in [0.1, 0.15) is 41.6 Å². The van der Waals surface area contributed by atoms with Crippen LogP contribution in [0.3, 0.4) is 0 Å². The van der Waals surface area contributed by atoms with Gasteiger partial charge in [-0.15, -0.1) is 0 Å². The Morgan fingerprint density at radius 1 is 1.00 bits per heavy atom. The van der Waals surface area contributed by atoms with Crippen molar-refractivity contribution in [3.8, 4) is 16.9 Å². The molecule has 0 bridgehead atoms. The number of amides is 2. The van der Waals surface area contributed by atoms with E-state index in [9.17, 15) is 14.4 Å². The second-order valence-electron chi connectivity index (χ2n) is 11.0. The Morgan fingerprint density at radius 2 is 1.71 bits per heavy atom. The fourth-order valence-corrected chi connectivity index (χ4v) is 5.19. The highest BCUT2D eigenvalue weighted by Gasteiger charge is 2.28. The summed E-state index contributed by atoms with van der Waals surface area (Å²) in [5.41, 5.74) is 4.23. The molecule has 10 heteroatoms. The molecule has 1 fully saturated rings. The van der Waals surface area contributed by atoms with Gasteiger partial charge in [0, 0.05) is 30.9 Å². The molecule has 0 unspecified atom stereocenters. The fraction of sp³-hybridized carbons (Fsp3) is 0.344. The van der Waals surface area contributed by atoms with E-state index in [2.05, 4.69) is 24.7 Å². The molecule has 2 amide bonds. The van der Waals surface area contributed by atoms with Crippen LogP contribution >= 0.6 is 11.6 Å². The summed E-state index contributed by atoms with van der Waals surface area (Å²) in [4.78, 5) is 36.7. The van der Waals surface area contributed by atoms with E-state index in [1.807, 2.05) is 48.5 Å². The first-order valence-electron chi connectivity index (χ1n) is 13.8. The standard InChI is InChI=1S/C32H36ClN3O5.HI/c1-36(2)16-14-25(15-17-36)41-32(39)35-28-18-22(12-13-26(28)23-9-5-4-6-10-23)8-7-11-31(38)34-29-20-30(40-3)24(21-37)19-27(29)33;/h4-6,9-10,12-13,18-21,25H,7-8,11,14-17H2,1-3H3,(H-,34,35,37,38,39);1H. The average Bonchev–Trinajstić information content (AvgIpc) is 2.95. The molecular formula is C32H37ClIN3O5. The van der Waals surface area contributed by atoms with Gasteiger partial charge in [0.2, 0.25) is 5.91 Å². The van der Waals surface area contributed by atoms with E-state index in [1.54, 1.807) is 0 Å². The lowest BCUT2D eigenvalue weighted by molar-refractivity contribution is -0.896. The van der Waals surface area contributed by atoms with Gasteiger partial charge in [-0.2, -0.15) is 0 Å². The van der Waals surface area contributed by atoms with Crippen LogP contribution in [0.2, 0.25) is 5.02 Å². The second kappa shape index (κ2) is 15.4. The quantitative estimate of drug-likeness (QED) is 0.191. The predicted octanol–water partition coefficient (Wildman–Crippen LogP) is 3.58. The number of piperidine rings is 1. The van der Waals surface area contributed by atoms with Crippen LogP contribution in [0.5, 0.6) is 5.75 Å². The second-order valence-corrected chi connectivity index (χ2v) is 11.4. The Morgan fingerprint density at radius 3 is 2.38 bits per heavy atom. The van der Waals surface area contributed by atoms with Gasteiger partial charge in [-0.3, -0.25) is 14.9 Å². The van der Waals surface area contributed by atoms with E-state index in [1.165, 1.54) is 19.2 Å². The Kier molecular flexibility index (Phi) is 12.2. The molecule has 2 N–H and O–H groups in total. The van der Waals surface area contributed by atoms with Gasteiger partial charge in [-0.1, -0.05) is 54.1 Å². The molecule has 1 heterocycles. The molecule has 3 aromatic rings. The molecule has 0 aromatic heterocycles.